The van der Waals surface area contributed by atoms with E-state index in [1.807, 2.05) is 0 Å². The second-order valence-electron chi connectivity index (χ2n) is 4.22. The van der Waals surface area contributed by atoms with Crippen molar-refractivity contribution in [1.82, 2.24) is 4.72 Å². The molecule has 1 aliphatic rings. The fourth-order valence-electron chi connectivity index (χ4n) is 1.88. The maximum absolute atomic E-state index is 13.9. The van der Waals surface area contributed by atoms with E-state index in [4.69, 9.17) is 10.5 Å². The van der Waals surface area contributed by atoms with Gasteiger partial charge in [0.1, 0.15) is 10.7 Å². The quantitative estimate of drug-likeness (QED) is 0.846. The second kappa shape index (κ2) is 5.49. The molecule has 1 aromatic carbocycles. The monoisotopic (exact) mass is 292 g/mol. The van der Waals surface area contributed by atoms with E-state index >= 15 is 0 Å². The molecule has 2 rings (SSSR count). The summed E-state index contributed by atoms with van der Waals surface area (Å²) in [4.78, 5) is -0.596. The molecule has 1 saturated heterocycles. The van der Waals surface area contributed by atoms with Crippen LogP contribution in [0.25, 0.3) is 0 Å². The highest BCUT2D eigenvalue weighted by Gasteiger charge is 2.27. The molecule has 1 heterocycles. The SMILES string of the molecule is NCc1c(F)ccc(S(=O)(=O)NC2CCOC2)c1F. The minimum atomic E-state index is -4.05. The Hall–Kier alpha value is -1.09. The lowest BCUT2D eigenvalue weighted by atomic mass is 10.2. The highest BCUT2D eigenvalue weighted by atomic mass is 32.2. The number of hydrogen-bond donors (Lipinski definition) is 2. The van der Waals surface area contributed by atoms with E-state index in [1.54, 1.807) is 0 Å². The van der Waals surface area contributed by atoms with Crippen LogP contribution in [0.1, 0.15) is 12.0 Å². The van der Waals surface area contributed by atoms with Crippen molar-refractivity contribution < 1.29 is 21.9 Å². The minimum Gasteiger partial charge on any atom is -0.380 e. The lowest BCUT2D eigenvalue weighted by molar-refractivity contribution is 0.192. The van der Waals surface area contributed by atoms with Gasteiger partial charge in [-0.3, -0.25) is 0 Å². The van der Waals surface area contributed by atoms with Gasteiger partial charge in [0.2, 0.25) is 10.0 Å². The van der Waals surface area contributed by atoms with Gasteiger partial charge in [0.25, 0.3) is 0 Å². The highest BCUT2D eigenvalue weighted by molar-refractivity contribution is 7.89. The molecule has 106 valence electrons. The second-order valence-corrected chi connectivity index (χ2v) is 5.91. The first-order chi connectivity index (χ1) is 8.95. The molecule has 1 aromatic rings. The van der Waals surface area contributed by atoms with Crippen LogP contribution in [-0.2, 0) is 21.3 Å². The lowest BCUT2D eigenvalue weighted by Crippen LogP contribution is -2.35. The molecular weight excluding hydrogens is 278 g/mol. The number of rotatable bonds is 4. The van der Waals surface area contributed by atoms with Gasteiger partial charge in [-0.05, 0) is 18.6 Å². The predicted octanol–water partition coefficient (Wildman–Crippen LogP) is 0.491. The van der Waals surface area contributed by atoms with Crippen LogP contribution in [0.4, 0.5) is 8.78 Å². The third-order valence-electron chi connectivity index (χ3n) is 2.90. The van der Waals surface area contributed by atoms with E-state index in [-0.39, 0.29) is 6.61 Å². The first kappa shape index (κ1) is 14.3. The van der Waals surface area contributed by atoms with Crippen molar-refractivity contribution in [3.63, 3.8) is 0 Å². The smallest absolute Gasteiger partial charge is 0.243 e. The Morgan fingerprint density at radius 2 is 2.16 bits per heavy atom. The molecular formula is C11H14F2N2O3S. The summed E-state index contributed by atoms with van der Waals surface area (Å²) in [7, 11) is -4.05. The van der Waals surface area contributed by atoms with Crippen LogP contribution in [-0.4, -0.2) is 27.7 Å². The zero-order valence-electron chi connectivity index (χ0n) is 10.0. The Balaban J connectivity index is 2.34. The highest BCUT2D eigenvalue weighted by Crippen LogP contribution is 2.21. The maximum Gasteiger partial charge on any atom is 0.243 e. The van der Waals surface area contributed by atoms with Gasteiger partial charge >= 0.3 is 0 Å². The number of nitrogens with one attached hydrogen (secondary N) is 1. The van der Waals surface area contributed by atoms with E-state index in [1.165, 1.54) is 0 Å². The molecule has 0 bridgehead atoms. The summed E-state index contributed by atoms with van der Waals surface area (Å²) < 4.78 is 58.6. The Kier molecular flexibility index (Phi) is 4.14. The van der Waals surface area contributed by atoms with Crippen molar-refractivity contribution in [2.45, 2.75) is 23.9 Å². The topological polar surface area (TPSA) is 81.4 Å². The molecule has 0 radical (unpaired) electrons. The summed E-state index contributed by atoms with van der Waals surface area (Å²) in [5, 5.41) is 0. The number of sulfonamides is 1. The first-order valence-corrected chi connectivity index (χ1v) is 7.21. The number of nitrogens with two attached hydrogens (primary N) is 1. The predicted molar refractivity (Wildman–Crippen MR) is 63.8 cm³/mol. The number of benzene rings is 1. The fraction of sp³-hybridized carbons (Fsp3) is 0.455. The van der Waals surface area contributed by atoms with Crippen LogP contribution in [0.5, 0.6) is 0 Å². The first-order valence-electron chi connectivity index (χ1n) is 5.72. The third kappa shape index (κ3) is 2.92. The molecule has 8 heteroatoms. The molecule has 1 unspecified atom stereocenters. The van der Waals surface area contributed by atoms with E-state index in [2.05, 4.69) is 4.72 Å². The summed E-state index contributed by atoms with van der Waals surface area (Å²) in [6.45, 7) is 0.284. The van der Waals surface area contributed by atoms with Crippen molar-refractivity contribution >= 4 is 10.0 Å². The van der Waals surface area contributed by atoms with Crippen LogP contribution in [0.2, 0.25) is 0 Å². The van der Waals surface area contributed by atoms with Gasteiger partial charge in [0.05, 0.1) is 6.61 Å². The molecule has 0 amide bonds. The largest absolute Gasteiger partial charge is 0.380 e. The molecule has 0 saturated carbocycles. The lowest BCUT2D eigenvalue weighted by Gasteiger charge is -2.13. The average molecular weight is 292 g/mol. The van der Waals surface area contributed by atoms with Gasteiger partial charge < -0.3 is 10.5 Å². The van der Waals surface area contributed by atoms with Crippen LogP contribution < -0.4 is 10.5 Å². The Morgan fingerprint density at radius 1 is 1.42 bits per heavy atom. The summed E-state index contributed by atoms with van der Waals surface area (Å²) in [5.41, 5.74) is 4.77. The average Bonchev–Trinajstić information content (AvgIpc) is 2.81. The molecule has 0 spiro atoms. The normalized spacial score (nSPS) is 19.8. The Bertz CT molecular complexity index is 572. The van der Waals surface area contributed by atoms with Gasteiger partial charge in [-0.25, -0.2) is 21.9 Å². The van der Waals surface area contributed by atoms with Crippen LogP contribution in [0.3, 0.4) is 0 Å². The van der Waals surface area contributed by atoms with Gasteiger partial charge in [0, 0.05) is 24.8 Å². The number of halogens is 2. The van der Waals surface area contributed by atoms with E-state index in [0.717, 1.165) is 12.1 Å². The molecule has 0 aromatic heterocycles. The van der Waals surface area contributed by atoms with Crippen molar-refractivity contribution in [3.05, 3.63) is 29.3 Å². The molecule has 5 nitrogen and oxygen atoms in total. The molecule has 1 fully saturated rings. The Labute approximate surface area is 109 Å². The van der Waals surface area contributed by atoms with Crippen LogP contribution >= 0.6 is 0 Å². The third-order valence-corrected chi connectivity index (χ3v) is 4.43. The maximum atomic E-state index is 13.9. The molecule has 1 atom stereocenters. The van der Waals surface area contributed by atoms with Crippen molar-refractivity contribution in [3.8, 4) is 0 Å². The number of ether oxygens (including phenoxy) is 1. The van der Waals surface area contributed by atoms with Gasteiger partial charge in [-0.2, -0.15) is 0 Å². The summed E-state index contributed by atoms with van der Waals surface area (Å²) in [5.74, 6) is -2.00. The van der Waals surface area contributed by atoms with E-state index < -0.39 is 44.7 Å². The van der Waals surface area contributed by atoms with Gasteiger partial charge in [-0.1, -0.05) is 0 Å². The molecule has 3 N–H and O–H groups in total. The van der Waals surface area contributed by atoms with Crippen LogP contribution in [0, 0.1) is 11.6 Å². The van der Waals surface area contributed by atoms with Crippen molar-refractivity contribution in [2.75, 3.05) is 13.2 Å². The molecule has 1 aliphatic heterocycles. The van der Waals surface area contributed by atoms with E-state index in [0.29, 0.717) is 13.0 Å². The minimum absolute atomic E-state index is 0.242. The molecule has 19 heavy (non-hydrogen) atoms. The van der Waals surface area contributed by atoms with Crippen molar-refractivity contribution in [1.29, 1.82) is 0 Å². The van der Waals surface area contributed by atoms with Gasteiger partial charge in [0.15, 0.2) is 5.82 Å². The standard InChI is InChI=1S/C11H14F2N2O3S/c12-9-1-2-10(11(13)8(9)5-14)19(16,17)15-7-3-4-18-6-7/h1-2,7,15H,3-6,14H2. The fourth-order valence-corrected chi connectivity index (χ4v) is 3.24. The summed E-state index contributed by atoms with van der Waals surface area (Å²) >= 11 is 0. The zero-order valence-corrected chi connectivity index (χ0v) is 10.8. The zero-order chi connectivity index (χ0) is 14.0. The number of hydrogen-bond acceptors (Lipinski definition) is 4. The van der Waals surface area contributed by atoms with E-state index in [9.17, 15) is 17.2 Å². The molecule has 0 aliphatic carbocycles. The van der Waals surface area contributed by atoms with Gasteiger partial charge in [-0.15, -0.1) is 0 Å². The van der Waals surface area contributed by atoms with Crippen LogP contribution in [0.15, 0.2) is 17.0 Å². The summed E-state index contributed by atoms with van der Waals surface area (Å²) in [6.07, 6.45) is 0.520. The summed E-state index contributed by atoms with van der Waals surface area (Å²) in [6, 6.07) is 1.39. The van der Waals surface area contributed by atoms with Crippen molar-refractivity contribution in [2.24, 2.45) is 5.73 Å². The Morgan fingerprint density at radius 3 is 2.74 bits per heavy atom.